The van der Waals surface area contributed by atoms with Crippen LogP contribution in [-0.4, -0.2) is 70.0 Å². The van der Waals surface area contributed by atoms with Crippen molar-refractivity contribution in [3.63, 3.8) is 0 Å². The first-order valence-corrected chi connectivity index (χ1v) is 7.24. The summed E-state index contributed by atoms with van der Waals surface area (Å²) in [5.41, 5.74) is 1.11. The number of likely N-dealkylation sites (N-methyl/N-ethyl adjacent to an activating group) is 1. The Bertz CT molecular complexity index is 644. The van der Waals surface area contributed by atoms with Gasteiger partial charge in [0, 0.05) is 39.1 Å². The maximum atomic E-state index is 11.3. The van der Waals surface area contributed by atoms with Crippen molar-refractivity contribution in [2.24, 2.45) is 0 Å². The number of aromatic carboxylic acids is 1. The van der Waals surface area contributed by atoms with E-state index in [2.05, 4.69) is 21.8 Å². The van der Waals surface area contributed by atoms with Crippen LogP contribution in [0.2, 0.25) is 0 Å². The number of hydrogen-bond donors (Lipinski definition) is 1. The summed E-state index contributed by atoms with van der Waals surface area (Å²) in [6, 6.07) is 5.26. The van der Waals surface area contributed by atoms with Gasteiger partial charge < -0.3 is 14.9 Å². The van der Waals surface area contributed by atoms with Crippen molar-refractivity contribution in [1.29, 1.82) is 0 Å². The smallest absolute Gasteiger partial charge is 0.352 e. The molecule has 0 aliphatic carbocycles. The summed E-state index contributed by atoms with van der Waals surface area (Å²) < 4.78 is 1.75. The molecule has 21 heavy (non-hydrogen) atoms. The largest absolute Gasteiger partial charge is 0.477 e. The van der Waals surface area contributed by atoms with Crippen LogP contribution in [-0.2, 0) is 6.42 Å². The van der Waals surface area contributed by atoms with Crippen molar-refractivity contribution in [1.82, 2.24) is 19.2 Å². The zero-order valence-corrected chi connectivity index (χ0v) is 12.2. The molecule has 0 spiro atoms. The van der Waals surface area contributed by atoms with Crippen LogP contribution in [0.15, 0.2) is 24.4 Å². The maximum Gasteiger partial charge on any atom is 0.352 e. The minimum Gasteiger partial charge on any atom is -0.477 e. The standard InChI is InChI=1S/C15H20N4O2/c1-17-7-9-18(10-8-17)6-5-14-16-11-12-3-2-4-13(15(20)21)19(12)14/h2-4,11H,5-10H2,1H3,(H,20,21). The lowest BCUT2D eigenvalue weighted by molar-refractivity contribution is 0.0688. The van der Waals surface area contributed by atoms with Crippen LogP contribution in [0.4, 0.5) is 0 Å². The highest BCUT2D eigenvalue weighted by molar-refractivity contribution is 5.86. The molecule has 0 bridgehead atoms. The monoisotopic (exact) mass is 288 g/mol. The lowest BCUT2D eigenvalue weighted by Crippen LogP contribution is -2.45. The molecule has 6 nitrogen and oxygen atoms in total. The minimum atomic E-state index is -0.917. The second-order valence-electron chi connectivity index (χ2n) is 5.55. The lowest BCUT2D eigenvalue weighted by Gasteiger charge is -2.32. The molecule has 2 aromatic rings. The first-order valence-electron chi connectivity index (χ1n) is 7.24. The van der Waals surface area contributed by atoms with E-state index in [0.29, 0.717) is 0 Å². The Labute approximate surface area is 123 Å². The summed E-state index contributed by atoms with van der Waals surface area (Å²) in [6.45, 7) is 5.21. The SMILES string of the molecule is CN1CCN(CCc2ncc3cccc(C(=O)O)n23)CC1. The van der Waals surface area contributed by atoms with E-state index in [1.807, 2.05) is 6.07 Å². The Morgan fingerprint density at radius 1 is 1.29 bits per heavy atom. The molecule has 3 rings (SSSR count). The molecule has 6 heteroatoms. The van der Waals surface area contributed by atoms with Gasteiger partial charge in [-0.05, 0) is 19.2 Å². The molecule has 0 atom stereocenters. The van der Waals surface area contributed by atoms with E-state index in [1.165, 1.54) is 0 Å². The fourth-order valence-electron chi connectivity index (χ4n) is 2.79. The summed E-state index contributed by atoms with van der Waals surface area (Å²) in [4.78, 5) is 20.5. The number of piperazine rings is 1. The summed E-state index contributed by atoms with van der Waals surface area (Å²) in [6.07, 6.45) is 2.51. The Morgan fingerprint density at radius 2 is 2.05 bits per heavy atom. The molecule has 1 N–H and O–H groups in total. The second kappa shape index (κ2) is 5.83. The molecule has 3 heterocycles. The zero-order valence-electron chi connectivity index (χ0n) is 12.2. The van der Waals surface area contributed by atoms with Crippen molar-refractivity contribution in [3.05, 3.63) is 35.9 Å². The van der Waals surface area contributed by atoms with Gasteiger partial charge in [0.25, 0.3) is 0 Å². The number of fused-ring (bicyclic) bond motifs is 1. The van der Waals surface area contributed by atoms with Gasteiger partial charge >= 0.3 is 5.97 Å². The molecule has 0 unspecified atom stereocenters. The molecule has 0 aromatic carbocycles. The fourth-order valence-corrected chi connectivity index (χ4v) is 2.79. The number of carboxylic acids is 1. The molecule has 0 radical (unpaired) electrons. The Hall–Kier alpha value is -1.92. The summed E-state index contributed by atoms with van der Waals surface area (Å²) in [7, 11) is 2.14. The van der Waals surface area contributed by atoms with Crippen LogP contribution in [0.1, 0.15) is 16.3 Å². The van der Waals surface area contributed by atoms with Crippen molar-refractivity contribution < 1.29 is 9.90 Å². The minimum absolute atomic E-state index is 0.276. The van der Waals surface area contributed by atoms with Gasteiger partial charge in [-0.15, -0.1) is 0 Å². The van der Waals surface area contributed by atoms with Gasteiger partial charge in [0.05, 0.1) is 11.7 Å². The molecule has 1 aliphatic rings. The van der Waals surface area contributed by atoms with Crippen LogP contribution in [0.3, 0.4) is 0 Å². The highest BCUT2D eigenvalue weighted by Crippen LogP contribution is 2.12. The molecular formula is C15H20N4O2. The molecule has 0 saturated carbocycles. The Morgan fingerprint density at radius 3 is 2.76 bits per heavy atom. The summed E-state index contributed by atoms with van der Waals surface area (Å²) >= 11 is 0. The topological polar surface area (TPSA) is 61.1 Å². The molecule has 0 amide bonds. The van der Waals surface area contributed by atoms with E-state index < -0.39 is 5.97 Å². The number of aromatic nitrogens is 2. The van der Waals surface area contributed by atoms with Crippen molar-refractivity contribution in [3.8, 4) is 0 Å². The number of hydrogen-bond acceptors (Lipinski definition) is 4. The van der Waals surface area contributed by atoms with Gasteiger partial charge in [0.1, 0.15) is 11.5 Å². The third kappa shape index (κ3) is 2.91. The molecule has 1 fully saturated rings. The first kappa shape index (κ1) is 14.0. The number of pyridine rings is 1. The van der Waals surface area contributed by atoms with Crippen LogP contribution in [0.25, 0.3) is 5.52 Å². The van der Waals surface area contributed by atoms with Crippen LogP contribution in [0.5, 0.6) is 0 Å². The molecular weight excluding hydrogens is 268 g/mol. The predicted octanol–water partition coefficient (Wildman–Crippen LogP) is 0.822. The van der Waals surface area contributed by atoms with E-state index >= 15 is 0 Å². The Balaban J connectivity index is 1.76. The van der Waals surface area contributed by atoms with E-state index in [9.17, 15) is 9.90 Å². The number of rotatable bonds is 4. The van der Waals surface area contributed by atoms with Gasteiger partial charge in [-0.1, -0.05) is 6.07 Å². The number of carbonyl (C=O) groups is 1. The van der Waals surface area contributed by atoms with Crippen molar-refractivity contribution in [2.45, 2.75) is 6.42 Å². The molecule has 1 saturated heterocycles. The Kier molecular flexibility index (Phi) is 3.90. The third-order valence-electron chi connectivity index (χ3n) is 4.09. The van der Waals surface area contributed by atoms with Gasteiger partial charge in [-0.3, -0.25) is 4.40 Å². The average Bonchev–Trinajstić information content (AvgIpc) is 2.90. The van der Waals surface area contributed by atoms with E-state index in [0.717, 1.165) is 50.5 Å². The summed E-state index contributed by atoms with van der Waals surface area (Å²) in [5, 5.41) is 9.31. The second-order valence-corrected chi connectivity index (χ2v) is 5.55. The lowest BCUT2D eigenvalue weighted by atomic mass is 10.2. The van der Waals surface area contributed by atoms with Crippen molar-refractivity contribution >= 4 is 11.5 Å². The van der Waals surface area contributed by atoms with Gasteiger partial charge in [0.15, 0.2) is 0 Å². The van der Waals surface area contributed by atoms with Crippen LogP contribution < -0.4 is 0 Å². The van der Waals surface area contributed by atoms with E-state index in [-0.39, 0.29) is 5.69 Å². The summed E-state index contributed by atoms with van der Waals surface area (Å²) in [5.74, 6) is -0.0959. The van der Waals surface area contributed by atoms with E-state index in [4.69, 9.17) is 0 Å². The highest BCUT2D eigenvalue weighted by Gasteiger charge is 2.16. The molecule has 2 aromatic heterocycles. The maximum absolute atomic E-state index is 11.3. The van der Waals surface area contributed by atoms with Gasteiger partial charge in [-0.2, -0.15) is 0 Å². The van der Waals surface area contributed by atoms with Crippen LogP contribution in [0, 0.1) is 0 Å². The number of nitrogens with zero attached hydrogens (tertiary/aromatic N) is 4. The van der Waals surface area contributed by atoms with Gasteiger partial charge in [-0.25, -0.2) is 9.78 Å². The third-order valence-corrected chi connectivity index (χ3v) is 4.09. The fraction of sp³-hybridized carbons (Fsp3) is 0.467. The van der Waals surface area contributed by atoms with E-state index in [1.54, 1.807) is 22.7 Å². The normalized spacial score (nSPS) is 17.4. The average molecular weight is 288 g/mol. The highest BCUT2D eigenvalue weighted by atomic mass is 16.4. The molecule has 112 valence electrons. The van der Waals surface area contributed by atoms with Crippen LogP contribution >= 0.6 is 0 Å². The predicted molar refractivity (Wildman–Crippen MR) is 79.8 cm³/mol. The van der Waals surface area contributed by atoms with Crippen molar-refractivity contribution in [2.75, 3.05) is 39.8 Å². The zero-order chi connectivity index (χ0) is 14.8. The molecule has 1 aliphatic heterocycles. The van der Waals surface area contributed by atoms with Gasteiger partial charge in [0.2, 0.25) is 0 Å². The first-order chi connectivity index (χ1) is 10.1. The number of carboxylic acid groups (broad SMARTS) is 1. The quantitative estimate of drug-likeness (QED) is 0.902. The number of imidazole rings is 1.